The van der Waals surface area contributed by atoms with Crippen molar-refractivity contribution < 1.29 is 0 Å². The molecule has 4 aromatic carbocycles. The number of hydrogen-bond acceptors (Lipinski definition) is 10. The number of rotatable bonds is 10. The summed E-state index contributed by atoms with van der Waals surface area (Å²) in [6.45, 7) is 6.50. The second-order valence-corrected chi connectivity index (χ2v) is 12.3. The highest BCUT2D eigenvalue weighted by molar-refractivity contribution is 6.07. The minimum absolute atomic E-state index is 0.00808. The molecule has 8 aromatic rings. The first-order valence-electron chi connectivity index (χ1n) is 16.1. The Hall–Kier alpha value is -5.46. The van der Waals surface area contributed by atoms with E-state index >= 15 is 0 Å². The number of hydrogen-bond donors (Lipinski definition) is 2. The predicted molar refractivity (Wildman–Crippen MR) is 185 cm³/mol. The second-order valence-electron chi connectivity index (χ2n) is 12.3. The van der Waals surface area contributed by atoms with Gasteiger partial charge in [-0.25, -0.2) is 9.03 Å². The van der Waals surface area contributed by atoms with Gasteiger partial charge in [0, 0.05) is 61.4 Å². The summed E-state index contributed by atoms with van der Waals surface area (Å²) in [6, 6.07) is 22.9. The quantitative estimate of drug-likeness (QED) is 0.171. The van der Waals surface area contributed by atoms with Gasteiger partial charge in [-0.2, -0.15) is 0 Å². The zero-order valence-electron chi connectivity index (χ0n) is 25.7. The third-order valence-electron chi connectivity index (χ3n) is 9.49. The van der Waals surface area contributed by atoms with E-state index in [1.165, 1.54) is 0 Å². The van der Waals surface area contributed by atoms with Crippen molar-refractivity contribution in [2.75, 3.05) is 56.6 Å². The van der Waals surface area contributed by atoms with E-state index in [2.05, 4.69) is 41.1 Å². The summed E-state index contributed by atoms with van der Waals surface area (Å²) in [4.78, 5) is 31.9. The molecule has 0 saturated carbocycles. The highest BCUT2D eigenvalue weighted by Gasteiger charge is 2.21. The number of fused-ring (bicyclic) bond motifs is 4. The number of pyridine rings is 2. The average Bonchev–Trinajstić information content (AvgIpc) is 3.86. The molecule has 12 nitrogen and oxygen atoms in total. The van der Waals surface area contributed by atoms with Crippen LogP contribution in [0.4, 0.5) is 11.4 Å². The lowest BCUT2D eigenvalue weighted by Gasteiger charge is -2.19. The maximum absolute atomic E-state index is 13.5. The van der Waals surface area contributed by atoms with Crippen molar-refractivity contribution in [2.24, 2.45) is 0 Å². The van der Waals surface area contributed by atoms with E-state index in [1.807, 2.05) is 72.8 Å². The molecule has 12 heteroatoms. The van der Waals surface area contributed by atoms with Crippen LogP contribution in [0.25, 0.3) is 54.6 Å². The van der Waals surface area contributed by atoms with Gasteiger partial charge in [-0.1, -0.05) is 34.7 Å². The van der Waals surface area contributed by atoms with Crippen LogP contribution in [-0.2, 0) is 0 Å². The van der Waals surface area contributed by atoms with Crippen molar-refractivity contribution in [3.8, 4) is 0 Å². The molecule has 1 aliphatic rings. The highest BCUT2D eigenvalue weighted by atomic mass is 16.1. The van der Waals surface area contributed by atoms with E-state index in [4.69, 9.17) is 0 Å². The van der Waals surface area contributed by atoms with Crippen molar-refractivity contribution in [1.82, 2.24) is 39.5 Å². The van der Waals surface area contributed by atoms with E-state index in [-0.39, 0.29) is 10.9 Å². The molecule has 5 heterocycles. The Labute approximate surface area is 267 Å². The van der Waals surface area contributed by atoms with Gasteiger partial charge in [0.2, 0.25) is 0 Å². The normalized spacial score (nSPS) is 14.6. The molecule has 234 valence electrons. The zero-order valence-corrected chi connectivity index (χ0v) is 25.7. The summed E-state index contributed by atoms with van der Waals surface area (Å²) < 4.78 is 3.56. The molecule has 0 atom stereocenters. The first-order chi connectivity index (χ1) is 23.2. The lowest BCUT2D eigenvalue weighted by molar-refractivity contribution is 0.245. The molecule has 47 heavy (non-hydrogen) atoms. The molecule has 0 aliphatic carbocycles. The standard InChI is InChI=1S/C35H32N10O2/c46-34-22-7-1-3-9-28(22)44-32-26(38-40-44)13-11-24(30(32)34)36-15-5-17-42-19-20-43(21-42)18-6-16-37-25-12-14-27-33-31(25)35(47)23-8-2-4-10-29(23)45(33)41-39-27/h1-4,7-14,36-37H,5-6,15-21H2. The van der Waals surface area contributed by atoms with Crippen molar-refractivity contribution in [2.45, 2.75) is 12.8 Å². The number of anilines is 2. The Morgan fingerprint density at radius 3 is 1.55 bits per heavy atom. The fraction of sp³-hybridized carbons (Fsp3) is 0.257. The molecule has 0 unspecified atom stereocenters. The van der Waals surface area contributed by atoms with Gasteiger partial charge in [-0.3, -0.25) is 19.4 Å². The first-order valence-corrected chi connectivity index (χ1v) is 16.1. The summed E-state index contributed by atoms with van der Waals surface area (Å²) in [7, 11) is 0. The van der Waals surface area contributed by atoms with Crippen molar-refractivity contribution in [3.63, 3.8) is 0 Å². The van der Waals surface area contributed by atoms with Crippen molar-refractivity contribution in [1.29, 1.82) is 0 Å². The fourth-order valence-corrected chi connectivity index (χ4v) is 7.21. The Balaban J connectivity index is 0.797. The largest absolute Gasteiger partial charge is 0.384 e. The van der Waals surface area contributed by atoms with Crippen LogP contribution in [0.1, 0.15) is 12.8 Å². The van der Waals surface area contributed by atoms with E-state index < -0.39 is 0 Å². The Morgan fingerprint density at radius 2 is 1.06 bits per heavy atom. The summed E-state index contributed by atoms with van der Waals surface area (Å²) in [5.74, 6) is 0. The smallest absolute Gasteiger partial charge is 0.199 e. The lowest BCUT2D eigenvalue weighted by atomic mass is 10.1. The Bertz CT molecular complexity index is 2370. The van der Waals surface area contributed by atoms with E-state index in [1.54, 1.807) is 9.03 Å². The molecule has 0 amide bonds. The molecule has 1 fully saturated rings. The fourth-order valence-electron chi connectivity index (χ4n) is 7.21. The minimum atomic E-state index is 0.00808. The summed E-state index contributed by atoms with van der Waals surface area (Å²) >= 11 is 0. The van der Waals surface area contributed by atoms with Crippen LogP contribution in [0.3, 0.4) is 0 Å². The van der Waals surface area contributed by atoms with Gasteiger partial charge in [-0.05, 0) is 61.4 Å². The van der Waals surface area contributed by atoms with Gasteiger partial charge < -0.3 is 10.6 Å². The number of nitrogens with one attached hydrogen (secondary N) is 2. The van der Waals surface area contributed by atoms with E-state index in [0.717, 1.165) is 103 Å². The molecule has 0 spiro atoms. The second kappa shape index (κ2) is 11.1. The van der Waals surface area contributed by atoms with Gasteiger partial charge in [0.15, 0.2) is 10.9 Å². The van der Waals surface area contributed by atoms with Gasteiger partial charge in [0.25, 0.3) is 0 Å². The van der Waals surface area contributed by atoms with Crippen LogP contribution in [0, 0.1) is 0 Å². The number of para-hydroxylation sites is 2. The maximum atomic E-state index is 13.5. The van der Waals surface area contributed by atoms with Crippen LogP contribution in [0.2, 0.25) is 0 Å². The number of benzene rings is 4. The van der Waals surface area contributed by atoms with Crippen LogP contribution >= 0.6 is 0 Å². The topological polar surface area (TPSA) is 125 Å². The molecule has 2 N–H and O–H groups in total. The highest BCUT2D eigenvalue weighted by Crippen LogP contribution is 2.29. The summed E-state index contributed by atoms with van der Waals surface area (Å²) in [5, 5.41) is 26.9. The number of nitrogens with zero attached hydrogens (tertiary/aromatic N) is 8. The third kappa shape index (κ3) is 4.51. The predicted octanol–water partition coefficient (Wildman–Crippen LogP) is 3.86. The Morgan fingerprint density at radius 1 is 0.596 bits per heavy atom. The molecule has 9 rings (SSSR count). The van der Waals surface area contributed by atoms with Crippen LogP contribution in [-0.4, -0.2) is 85.4 Å². The van der Waals surface area contributed by atoms with Crippen LogP contribution in [0.15, 0.2) is 82.4 Å². The number of aromatic nitrogens is 6. The summed E-state index contributed by atoms with van der Waals surface area (Å²) in [5.41, 5.74) is 6.21. The molecule has 0 radical (unpaired) electrons. The van der Waals surface area contributed by atoms with Crippen LogP contribution < -0.4 is 21.5 Å². The van der Waals surface area contributed by atoms with E-state index in [0.29, 0.717) is 21.5 Å². The molecular weight excluding hydrogens is 592 g/mol. The van der Waals surface area contributed by atoms with Gasteiger partial charge in [0.1, 0.15) is 22.1 Å². The van der Waals surface area contributed by atoms with Gasteiger partial charge in [-0.15, -0.1) is 10.2 Å². The molecule has 4 aromatic heterocycles. The monoisotopic (exact) mass is 624 g/mol. The first kappa shape index (κ1) is 27.8. The minimum Gasteiger partial charge on any atom is -0.384 e. The van der Waals surface area contributed by atoms with E-state index in [9.17, 15) is 9.59 Å². The van der Waals surface area contributed by atoms with Crippen molar-refractivity contribution >= 4 is 66.0 Å². The SMILES string of the molecule is O=c1c2ccccc2n2nnc3ccc(NCCCN4CCN(CCCNc5ccc6nnn7c8ccccc8c(=O)c5c67)C4)c1c32. The van der Waals surface area contributed by atoms with Crippen molar-refractivity contribution in [3.05, 3.63) is 93.2 Å². The molecule has 1 aliphatic heterocycles. The molecule has 0 bridgehead atoms. The van der Waals surface area contributed by atoms with Crippen LogP contribution in [0.5, 0.6) is 0 Å². The van der Waals surface area contributed by atoms with Gasteiger partial charge in [0.05, 0.1) is 28.5 Å². The molecular formula is C35H32N10O2. The third-order valence-corrected chi connectivity index (χ3v) is 9.49. The lowest BCUT2D eigenvalue weighted by Crippen LogP contribution is -2.28. The van der Waals surface area contributed by atoms with Gasteiger partial charge >= 0.3 is 0 Å². The maximum Gasteiger partial charge on any atom is 0.199 e. The summed E-state index contributed by atoms with van der Waals surface area (Å²) in [6.07, 6.45) is 1.92. The Kier molecular flexibility index (Phi) is 6.57. The average molecular weight is 625 g/mol. The molecule has 1 saturated heterocycles. The zero-order chi connectivity index (χ0) is 31.5.